The van der Waals surface area contributed by atoms with Crippen molar-refractivity contribution in [1.29, 1.82) is 0 Å². The molecule has 0 bridgehead atoms. The van der Waals surface area contributed by atoms with Crippen LogP contribution in [0.3, 0.4) is 0 Å². The Morgan fingerprint density at radius 2 is 1.82 bits per heavy atom. The van der Waals surface area contributed by atoms with Crippen LogP contribution in [0.4, 0.5) is 0 Å². The van der Waals surface area contributed by atoms with E-state index in [1.54, 1.807) is 6.92 Å². The average molecular weight is 241 g/mol. The molecule has 0 atom stereocenters. The molecule has 1 N–H and O–H groups in total. The van der Waals surface area contributed by atoms with Gasteiger partial charge in [-0.3, -0.25) is 9.59 Å². The quantitative estimate of drug-likeness (QED) is 0.592. The molecule has 0 radical (unpaired) electrons. The van der Waals surface area contributed by atoms with Crippen LogP contribution in [0, 0.1) is 5.92 Å². The van der Waals surface area contributed by atoms with Gasteiger partial charge in [0.1, 0.15) is 0 Å². The first kappa shape index (κ1) is 14.0. The lowest BCUT2D eigenvalue weighted by atomic mass is 9.99. The van der Waals surface area contributed by atoms with Gasteiger partial charge in [0.25, 0.3) is 0 Å². The van der Waals surface area contributed by atoms with Gasteiger partial charge in [-0.2, -0.15) is 0 Å². The minimum atomic E-state index is -0.242. The lowest BCUT2D eigenvalue weighted by Crippen LogP contribution is -2.32. The zero-order valence-corrected chi connectivity index (χ0v) is 10.7. The highest BCUT2D eigenvalue weighted by Crippen LogP contribution is 2.22. The highest BCUT2D eigenvalue weighted by molar-refractivity contribution is 5.79. The van der Waals surface area contributed by atoms with Crippen molar-refractivity contribution in [2.75, 3.05) is 13.2 Å². The Labute approximate surface area is 103 Å². The third-order valence-corrected chi connectivity index (χ3v) is 3.16. The highest BCUT2D eigenvalue weighted by Gasteiger charge is 2.19. The van der Waals surface area contributed by atoms with Gasteiger partial charge in [0.15, 0.2) is 0 Å². The van der Waals surface area contributed by atoms with E-state index in [9.17, 15) is 9.59 Å². The molecular formula is C13H23NO3. The molecule has 1 aliphatic carbocycles. The molecule has 0 heterocycles. The van der Waals surface area contributed by atoms with Gasteiger partial charge in [-0.1, -0.05) is 25.7 Å². The molecule has 0 unspecified atom stereocenters. The lowest BCUT2D eigenvalue weighted by molar-refractivity contribution is -0.143. The van der Waals surface area contributed by atoms with Crippen LogP contribution in [0.5, 0.6) is 0 Å². The van der Waals surface area contributed by atoms with Gasteiger partial charge < -0.3 is 10.1 Å². The zero-order valence-electron chi connectivity index (χ0n) is 10.7. The molecule has 0 aliphatic heterocycles. The Hall–Kier alpha value is -1.06. The molecule has 1 aliphatic rings. The summed E-state index contributed by atoms with van der Waals surface area (Å²) in [6.07, 6.45) is 7.04. The van der Waals surface area contributed by atoms with E-state index in [0.717, 1.165) is 25.7 Å². The molecule has 0 spiro atoms. The Morgan fingerprint density at radius 1 is 1.18 bits per heavy atom. The minimum absolute atomic E-state index is 0.108. The molecule has 1 amide bonds. The predicted octanol–water partition coefficient (Wildman–Crippen LogP) is 2.03. The molecule has 17 heavy (non-hydrogen) atoms. The van der Waals surface area contributed by atoms with E-state index in [0.29, 0.717) is 13.2 Å². The van der Waals surface area contributed by atoms with Crippen LogP contribution in [0.15, 0.2) is 0 Å². The van der Waals surface area contributed by atoms with Crippen LogP contribution >= 0.6 is 0 Å². The fourth-order valence-electron chi connectivity index (χ4n) is 2.21. The van der Waals surface area contributed by atoms with Crippen LogP contribution in [-0.2, 0) is 14.3 Å². The third kappa shape index (κ3) is 5.71. The Kier molecular flexibility index (Phi) is 6.67. The number of ether oxygens (including phenoxy) is 1. The first-order valence-corrected chi connectivity index (χ1v) is 6.67. The summed E-state index contributed by atoms with van der Waals surface area (Å²) in [5.74, 6) is 0.0181. The predicted molar refractivity (Wildman–Crippen MR) is 65.5 cm³/mol. The molecule has 0 saturated heterocycles. The minimum Gasteiger partial charge on any atom is -0.466 e. The van der Waals surface area contributed by atoms with Crippen LogP contribution in [0.1, 0.15) is 51.9 Å². The summed E-state index contributed by atoms with van der Waals surface area (Å²) < 4.78 is 4.80. The highest BCUT2D eigenvalue weighted by atomic mass is 16.5. The van der Waals surface area contributed by atoms with E-state index >= 15 is 0 Å². The van der Waals surface area contributed by atoms with E-state index in [1.807, 2.05) is 0 Å². The monoisotopic (exact) mass is 241 g/mol. The number of carbonyl (C=O) groups is 2. The van der Waals surface area contributed by atoms with Gasteiger partial charge in [-0.05, 0) is 19.8 Å². The number of nitrogens with one attached hydrogen (secondary N) is 1. The Morgan fingerprint density at radius 3 is 2.41 bits per heavy atom. The molecule has 1 rings (SSSR count). The number of hydrogen-bond acceptors (Lipinski definition) is 3. The normalized spacial score (nSPS) is 17.2. The maximum atomic E-state index is 11.8. The Balaban J connectivity index is 2.17. The standard InChI is InChI=1S/C13H23NO3/c1-2-17-12(15)9-10-14-13(16)11-7-5-3-4-6-8-11/h11H,2-10H2,1H3,(H,14,16). The summed E-state index contributed by atoms with van der Waals surface area (Å²) in [5, 5.41) is 2.83. The van der Waals surface area contributed by atoms with Gasteiger partial charge >= 0.3 is 5.97 Å². The fourth-order valence-corrected chi connectivity index (χ4v) is 2.21. The lowest BCUT2D eigenvalue weighted by Gasteiger charge is -2.13. The van der Waals surface area contributed by atoms with Crippen molar-refractivity contribution in [2.45, 2.75) is 51.9 Å². The molecule has 4 nitrogen and oxygen atoms in total. The SMILES string of the molecule is CCOC(=O)CCNC(=O)C1CCCCCC1. The molecule has 0 aromatic heterocycles. The Bertz CT molecular complexity index is 245. The van der Waals surface area contributed by atoms with Crippen molar-refractivity contribution >= 4 is 11.9 Å². The van der Waals surface area contributed by atoms with Crippen molar-refractivity contribution in [1.82, 2.24) is 5.32 Å². The van der Waals surface area contributed by atoms with Gasteiger partial charge in [-0.15, -0.1) is 0 Å². The van der Waals surface area contributed by atoms with Crippen LogP contribution in [0.25, 0.3) is 0 Å². The third-order valence-electron chi connectivity index (χ3n) is 3.16. The van der Waals surface area contributed by atoms with Crippen LogP contribution in [-0.4, -0.2) is 25.0 Å². The largest absolute Gasteiger partial charge is 0.466 e. The molecule has 0 aromatic rings. The second kappa shape index (κ2) is 8.09. The maximum Gasteiger partial charge on any atom is 0.307 e. The van der Waals surface area contributed by atoms with Gasteiger partial charge in [0.2, 0.25) is 5.91 Å². The van der Waals surface area contributed by atoms with Crippen molar-refractivity contribution in [2.24, 2.45) is 5.92 Å². The van der Waals surface area contributed by atoms with Crippen LogP contribution < -0.4 is 5.32 Å². The average Bonchev–Trinajstić information content (AvgIpc) is 2.57. The molecular weight excluding hydrogens is 218 g/mol. The summed E-state index contributed by atoms with van der Waals surface area (Å²) >= 11 is 0. The molecule has 1 saturated carbocycles. The second-order valence-electron chi connectivity index (χ2n) is 4.53. The number of amides is 1. The van der Waals surface area contributed by atoms with Crippen molar-refractivity contribution in [3.63, 3.8) is 0 Å². The van der Waals surface area contributed by atoms with Crippen molar-refractivity contribution in [3.05, 3.63) is 0 Å². The summed E-state index contributed by atoms with van der Waals surface area (Å²) in [7, 11) is 0. The van der Waals surface area contributed by atoms with Gasteiger partial charge in [0, 0.05) is 12.5 Å². The van der Waals surface area contributed by atoms with E-state index < -0.39 is 0 Å². The van der Waals surface area contributed by atoms with Crippen LogP contribution in [0.2, 0.25) is 0 Å². The number of hydrogen-bond donors (Lipinski definition) is 1. The topological polar surface area (TPSA) is 55.4 Å². The number of rotatable bonds is 5. The molecule has 0 aromatic carbocycles. The summed E-state index contributed by atoms with van der Waals surface area (Å²) in [6.45, 7) is 2.57. The van der Waals surface area contributed by atoms with E-state index in [2.05, 4.69) is 5.32 Å². The van der Waals surface area contributed by atoms with E-state index in [4.69, 9.17) is 4.74 Å². The number of esters is 1. The van der Waals surface area contributed by atoms with E-state index in [1.165, 1.54) is 12.8 Å². The molecule has 4 heteroatoms. The summed E-state index contributed by atoms with van der Waals surface area (Å²) in [5.41, 5.74) is 0. The maximum absolute atomic E-state index is 11.8. The van der Waals surface area contributed by atoms with Crippen molar-refractivity contribution in [3.8, 4) is 0 Å². The van der Waals surface area contributed by atoms with Gasteiger partial charge in [0.05, 0.1) is 13.0 Å². The van der Waals surface area contributed by atoms with Gasteiger partial charge in [-0.25, -0.2) is 0 Å². The summed E-state index contributed by atoms with van der Waals surface area (Å²) in [6, 6.07) is 0. The zero-order chi connectivity index (χ0) is 12.5. The first-order valence-electron chi connectivity index (χ1n) is 6.67. The van der Waals surface area contributed by atoms with E-state index in [-0.39, 0.29) is 24.2 Å². The smallest absolute Gasteiger partial charge is 0.307 e. The van der Waals surface area contributed by atoms with Crippen molar-refractivity contribution < 1.29 is 14.3 Å². The fraction of sp³-hybridized carbons (Fsp3) is 0.846. The number of carbonyl (C=O) groups excluding carboxylic acids is 2. The summed E-state index contributed by atoms with van der Waals surface area (Å²) in [4.78, 5) is 22.9. The second-order valence-corrected chi connectivity index (χ2v) is 4.53. The first-order chi connectivity index (χ1) is 8.24. The molecule has 98 valence electrons. The molecule has 1 fully saturated rings.